The van der Waals surface area contributed by atoms with Gasteiger partial charge in [-0.25, -0.2) is 0 Å². The second-order valence-corrected chi connectivity index (χ2v) is 7.90. The van der Waals surface area contributed by atoms with Crippen molar-refractivity contribution in [1.82, 2.24) is 0 Å². The Bertz CT molecular complexity index is 1020. The Hall–Kier alpha value is -3.62. The number of ether oxygens (including phenoxy) is 6. The molecule has 2 aromatic carbocycles. The molecule has 1 saturated carbocycles. The Morgan fingerprint density at radius 3 is 2.24 bits per heavy atom. The lowest BCUT2D eigenvalue weighted by Gasteiger charge is -2.21. The van der Waals surface area contributed by atoms with Crippen molar-refractivity contribution in [3.8, 4) is 28.7 Å². The summed E-state index contributed by atoms with van der Waals surface area (Å²) in [6.45, 7) is -0.415. The number of rotatable bonds is 8. The molecule has 1 aliphatic heterocycles. The van der Waals surface area contributed by atoms with Gasteiger partial charge in [-0.15, -0.1) is 0 Å². The van der Waals surface area contributed by atoms with Gasteiger partial charge in [0.25, 0.3) is 11.7 Å². The summed E-state index contributed by atoms with van der Waals surface area (Å²) >= 11 is 0. The van der Waals surface area contributed by atoms with Gasteiger partial charge in [-0.05, 0) is 42.7 Å². The lowest BCUT2D eigenvalue weighted by atomic mass is 10.1. The molecule has 1 heterocycles. The molecule has 2 aliphatic rings. The Balaban J connectivity index is 1.31. The molecule has 1 N–H and O–H groups in total. The number of carbonyl (C=O) groups excluding carboxylic acids is 2. The molecule has 4 rings (SSSR count). The van der Waals surface area contributed by atoms with Crippen LogP contribution in [0.4, 0.5) is 5.69 Å². The van der Waals surface area contributed by atoms with Crippen molar-refractivity contribution in [2.75, 3.05) is 33.3 Å². The highest BCUT2D eigenvalue weighted by atomic mass is 16.7. The van der Waals surface area contributed by atoms with Crippen LogP contribution in [0.3, 0.4) is 0 Å². The van der Waals surface area contributed by atoms with E-state index in [1.165, 1.54) is 21.3 Å². The average Bonchev–Trinajstić information content (AvgIpc) is 3.42. The van der Waals surface area contributed by atoms with Gasteiger partial charge in [0.2, 0.25) is 5.75 Å². The van der Waals surface area contributed by atoms with E-state index in [1.54, 1.807) is 30.3 Å². The maximum absolute atomic E-state index is 12.3. The number of carbonyl (C=O) groups is 2. The van der Waals surface area contributed by atoms with Crippen LogP contribution < -0.4 is 29.0 Å². The van der Waals surface area contributed by atoms with Crippen molar-refractivity contribution in [3.05, 3.63) is 35.9 Å². The number of fused-ring (bicyclic) bond motifs is 1. The van der Waals surface area contributed by atoms with Crippen LogP contribution in [0.5, 0.6) is 28.7 Å². The van der Waals surface area contributed by atoms with E-state index < -0.39 is 24.3 Å². The van der Waals surface area contributed by atoms with E-state index in [0.29, 0.717) is 40.0 Å². The zero-order chi connectivity index (χ0) is 23.4. The van der Waals surface area contributed by atoms with Gasteiger partial charge in [0, 0.05) is 24.6 Å². The number of methoxy groups -OCH3 is 3. The van der Waals surface area contributed by atoms with Crippen LogP contribution >= 0.6 is 0 Å². The SMILES string of the molecule is COc1cc(CC(=O)OCC(=O)Nc2ccc3c(c2)OC2(CCCC2)O3)cc(OC)c1OC. The van der Waals surface area contributed by atoms with Crippen LogP contribution in [0.15, 0.2) is 30.3 Å². The van der Waals surface area contributed by atoms with Crippen LogP contribution in [-0.4, -0.2) is 45.6 Å². The van der Waals surface area contributed by atoms with E-state index >= 15 is 0 Å². The number of anilines is 1. The number of hydrogen-bond donors (Lipinski definition) is 1. The molecule has 9 heteroatoms. The largest absolute Gasteiger partial charge is 0.493 e. The highest BCUT2D eigenvalue weighted by molar-refractivity contribution is 5.93. The highest BCUT2D eigenvalue weighted by Crippen LogP contribution is 2.47. The van der Waals surface area contributed by atoms with Crippen molar-refractivity contribution in [2.45, 2.75) is 37.9 Å². The van der Waals surface area contributed by atoms with Crippen LogP contribution in [0.2, 0.25) is 0 Å². The van der Waals surface area contributed by atoms with E-state index in [0.717, 1.165) is 25.7 Å². The lowest BCUT2D eigenvalue weighted by Crippen LogP contribution is -2.34. The van der Waals surface area contributed by atoms with Crippen molar-refractivity contribution in [2.24, 2.45) is 0 Å². The van der Waals surface area contributed by atoms with Gasteiger partial charge in [0.1, 0.15) is 0 Å². The van der Waals surface area contributed by atoms with Gasteiger partial charge in [0.15, 0.2) is 29.6 Å². The number of amides is 1. The minimum absolute atomic E-state index is 0.0594. The van der Waals surface area contributed by atoms with Crippen molar-refractivity contribution >= 4 is 17.6 Å². The quantitative estimate of drug-likeness (QED) is 0.602. The van der Waals surface area contributed by atoms with Crippen LogP contribution in [0, 0.1) is 0 Å². The molecule has 1 amide bonds. The normalized spacial score (nSPS) is 15.2. The summed E-state index contributed by atoms with van der Waals surface area (Å²) in [7, 11) is 4.49. The number of hydrogen-bond acceptors (Lipinski definition) is 8. The zero-order valence-electron chi connectivity index (χ0n) is 18.9. The molecule has 0 saturated heterocycles. The molecule has 9 nitrogen and oxygen atoms in total. The number of nitrogens with one attached hydrogen (secondary N) is 1. The van der Waals surface area contributed by atoms with Gasteiger partial charge in [0.05, 0.1) is 27.8 Å². The average molecular weight is 457 g/mol. The molecule has 1 aliphatic carbocycles. The van der Waals surface area contributed by atoms with Crippen LogP contribution in [0.25, 0.3) is 0 Å². The molecular formula is C24H27NO8. The summed E-state index contributed by atoms with van der Waals surface area (Å²) in [4.78, 5) is 24.6. The van der Waals surface area contributed by atoms with E-state index in [2.05, 4.69) is 5.32 Å². The molecule has 1 spiro atoms. The van der Waals surface area contributed by atoms with Gasteiger partial charge >= 0.3 is 5.97 Å². The highest BCUT2D eigenvalue weighted by Gasteiger charge is 2.44. The Morgan fingerprint density at radius 2 is 1.61 bits per heavy atom. The maximum atomic E-state index is 12.3. The predicted octanol–water partition coefficient (Wildman–Crippen LogP) is 3.48. The minimum atomic E-state index is -0.562. The summed E-state index contributed by atoms with van der Waals surface area (Å²) in [6, 6.07) is 8.54. The second kappa shape index (κ2) is 9.48. The maximum Gasteiger partial charge on any atom is 0.310 e. The second-order valence-electron chi connectivity index (χ2n) is 7.90. The standard InChI is InChI=1S/C24H27NO8/c1-28-19-10-15(11-20(29-2)23(19)30-3)12-22(27)31-14-21(26)25-16-6-7-17-18(13-16)33-24(32-17)8-4-5-9-24/h6-7,10-11,13H,4-5,8-9,12,14H2,1-3H3,(H,25,26). The third-order valence-electron chi connectivity index (χ3n) is 5.62. The predicted molar refractivity (Wildman–Crippen MR) is 118 cm³/mol. The first-order chi connectivity index (χ1) is 15.9. The monoisotopic (exact) mass is 457 g/mol. The summed E-state index contributed by atoms with van der Waals surface area (Å²) < 4.78 is 33.0. The number of esters is 1. The van der Waals surface area contributed by atoms with E-state index in [-0.39, 0.29) is 6.42 Å². The molecule has 0 aromatic heterocycles. The molecule has 1 fully saturated rings. The molecule has 0 bridgehead atoms. The fourth-order valence-corrected chi connectivity index (χ4v) is 4.09. The third kappa shape index (κ3) is 4.92. The van der Waals surface area contributed by atoms with Crippen molar-refractivity contribution in [1.29, 1.82) is 0 Å². The number of benzene rings is 2. The molecule has 2 aromatic rings. The molecule has 33 heavy (non-hydrogen) atoms. The van der Waals surface area contributed by atoms with Crippen molar-refractivity contribution in [3.63, 3.8) is 0 Å². The molecule has 0 radical (unpaired) electrons. The molecule has 0 atom stereocenters. The first kappa shape index (κ1) is 22.6. The van der Waals surface area contributed by atoms with E-state index in [9.17, 15) is 9.59 Å². The summed E-state index contributed by atoms with van der Waals surface area (Å²) in [5, 5.41) is 2.71. The van der Waals surface area contributed by atoms with Crippen molar-refractivity contribution < 1.29 is 38.0 Å². The van der Waals surface area contributed by atoms with E-state index in [1.807, 2.05) is 0 Å². The van der Waals surface area contributed by atoms with Gasteiger partial charge in [-0.1, -0.05) is 0 Å². The molecule has 176 valence electrons. The van der Waals surface area contributed by atoms with Gasteiger partial charge in [-0.3, -0.25) is 9.59 Å². The Kier molecular flexibility index (Phi) is 6.48. The minimum Gasteiger partial charge on any atom is -0.493 e. The Labute approximate surface area is 191 Å². The smallest absolute Gasteiger partial charge is 0.310 e. The Morgan fingerprint density at radius 1 is 0.939 bits per heavy atom. The zero-order valence-corrected chi connectivity index (χ0v) is 18.9. The van der Waals surface area contributed by atoms with Gasteiger partial charge < -0.3 is 33.7 Å². The van der Waals surface area contributed by atoms with E-state index in [4.69, 9.17) is 28.4 Å². The first-order valence-corrected chi connectivity index (χ1v) is 10.7. The lowest BCUT2D eigenvalue weighted by molar-refractivity contribution is -0.146. The van der Waals surface area contributed by atoms with Crippen LogP contribution in [-0.2, 0) is 20.7 Å². The topological polar surface area (TPSA) is 102 Å². The fraction of sp³-hybridized carbons (Fsp3) is 0.417. The fourth-order valence-electron chi connectivity index (χ4n) is 4.09. The third-order valence-corrected chi connectivity index (χ3v) is 5.62. The van der Waals surface area contributed by atoms with Gasteiger partial charge in [-0.2, -0.15) is 0 Å². The molecular weight excluding hydrogens is 430 g/mol. The summed E-state index contributed by atoms with van der Waals surface area (Å²) in [5.41, 5.74) is 1.14. The summed E-state index contributed by atoms with van der Waals surface area (Å²) in [5.74, 6) is 0.989. The molecule has 0 unspecified atom stereocenters. The first-order valence-electron chi connectivity index (χ1n) is 10.7. The van der Waals surface area contributed by atoms with Crippen LogP contribution in [0.1, 0.15) is 31.2 Å². The summed E-state index contributed by atoms with van der Waals surface area (Å²) in [6.07, 6.45) is 3.78.